The van der Waals surface area contributed by atoms with Gasteiger partial charge in [-0.3, -0.25) is 9.55 Å². The van der Waals surface area contributed by atoms with Crippen molar-refractivity contribution in [2.45, 2.75) is 0 Å². The zero-order valence-corrected chi connectivity index (χ0v) is 30.5. The highest BCUT2D eigenvalue weighted by molar-refractivity contribution is 6.26. The Bertz CT molecular complexity index is 3410. The largest absolute Gasteiger partial charge is 0.309 e. The Kier molecular flexibility index (Phi) is 6.79. The smallest absolute Gasteiger partial charge is 0.238 e. The van der Waals surface area contributed by atoms with Crippen LogP contribution in [0.25, 0.3) is 106 Å². The third-order valence-corrected chi connectivity index (χ3v) is 11.2. The summed E-state index contributed by atoms with van der Waals surface area (Å²) in [6.45, 7) is 0. The second-order valence-electron chi connectivity index (χ2n) is 14.3. The molecule has 0 saturated carbocycles. The molecule has 0 aliphatic rings. The van der Waals surface area contributed by atoms with Crippen LogP contribution < -0.4 is 0 Å². The molecule has 266 valence electrons. The zero-order valence-electron chi connectivity index (χ0n) is 30.5. The maximum Gasteiger partial charge on any atom is 0.238 e. The Morgan fingerprint density at radius 1 is 0.351 bits per heavy atom. The molecule has 0 unspecified atom stereocenters. The first-order chi connectivity index (χ1) is 28.3. The number of aromatic nitrogens is 7. The molecule has 0 saturated heterocycles. The molecule has 0 aliphatic carbocycles. The van der Waals surface area contributed by atoms with E-state index in [1.807, 2.05) is 73.1 Å². The van der Waals surface area contributed by atoms with E-state index in [0.717, 1.165) is 60.7 Å². The SMILES string of the molecule is c1ccc(-c2nc(-c3ccccc3)nc(-n3c4ccncc4c4c3ccc3c5ccccc5n(-c5cccc(-n6c7ccccc7c7ccccc76)c5)c34)n2)cc1. The summed E-state index contributed by atoms with van der Waals surface area (Å²) >= 11 is 0. The van der Waals surface area contributed by atoms with Crippen molar-refractivity contribution in [3.8, 4) is 40.1 Å². The number of hydrogen-bond acceptors (Lipinski definition) is 4. The number of hydrogen-bond donors (Lipinski definition) is 0. The van der Waals surface area contributed by atoms with E-state index in [9.17, 15) is 0 Å². The van der Waals surface area contributed by atoms with Gasteiger partial charge in [0.25, 0.3) is 0 Å². The molecule has 57 heavy (non-hydrogen) atoms. The van der Waals surface area contributed by atoms with Gasteiger partial charge in [0, 0.05) is 67.2 Å². The first kappa shape index (κ1) is 31.5. The maximum absolute atomic E-state index is 5.18. The van der Waals surface area contributed by atoms with Crippen molar-refractivity contribution in [3.05, 3.63) is 188 Å². The lowest BCUT2D eigenvalue weighted by molar-refractivity contribution is 0.953. The van der Waals surface area contributed by atoms with Gasteiger partial charge < -0.3 is 9.13 Å². The van der Waals surface area contributed by atoms with Crippen molar-refractivity contribution in [2.75, 3.05) is 0 Å². The van der Waals surface area contributed by atoms with Crippen LogP contribution in [-0.2, 0) is 0 Å². The average molecular weight is 730 g/mol. The Morgan fingerprint density at radius 3 is 1.51 bits per heavy atom. The summed E-state index contributed by atoms with van der Waals surface area (Å²) in [5.74, 6) is 1.77. The second-order valence-corrected chi connectivity index (χ2v) is 14.3. The molecular formula is C50H31N7. The average Bonchev–Trinajstić information content (AvgIpc) is 3.93. The summed E-state index contributed by atoms with van der Waals surface area (Å²) in [6, 6.07) is 61.6. The van der Waals surface area contributed by atoms with Gasteiger partial charge >= 0.3 is 0 Å². The van der Waals surface area contributed by atoms with Gasteiger partial charge in [-0.1, -0.05) is 127 Å². The number of nitrogens with zero attached hydrogens (tertiary/aromatic N) is 7. The molecule has 0 aliphatic heterocycles. The minimum atomic E-state index is 0.546. The van der Waals surface area contributed by atoms with E-state index >= 15 is 0 Å². The highest BCUT2D eigenvalue weighted by atomic mass is 15.2. The molecule has 12 rings (SSSR count). The Balaban J connectivity index is 1.17. The molecule has 5 aromatic heterocycles. The van der Waals surface area contributed by atoms with Crippen LogP contribution in [0.4, 0.5) is 0 Å². The van der Waals surface area contributed by atoms with Gasteiger partial charge in [-0.05, 0) is 48.5 Å². The van der Waals surface area contributed by atoms with E-state index in [1.165, 1.54) is 27.2 Å². The van der Waals surface area contributed by atoms with Gasteiger partial charge in [0.05, 0.1) is 33.1 Å². The predicted octanol–water partition coefficient (Wildman–Crippen LogP) is 11.9. The van der Waals surface area contributed by atoms with E-state index in [-0.39, 0.29) is 0 Å². The van der Waals surface area contributed by atoms with E-state index in [4.69, 9.17) is 19.9 Å². The van der Waals surface area contributed by atoms with Gasteiger partial charge in [-0.25, -0.2) is 4.98 Å². The molecule has 0 radical (unpaired) electrons. The molecule has 0 amide bonds. The van der Waals surface area contributed by atoms with Crippen molar-refractivity contribution >= 4 is 65.4 Å². The summed E-state index contributed by atoms with van der Waals surface area (Å²) < 4.78 is 6.96. The van der Waals surface area contributed by atoms with Crippen LogP contribution in [0.3, 0.4) is 0 Å². The molecule has 0 fully saturated rings. The molecule has 5 heterocycles. The first-order valence-electron chi connectivity index (χ1n) is 19.1. The molecular weight excluding hydrogens is 699 g/mol. The summed E-state index contributed by atoms with van der Waals surface area (Å²) in [5.41, 5.74) is 10.5. The third-order valence-electron chi connectivity index (χ3n) is 11.2. The van der Waals surface area contributed by atoms with Crippen LogP contribution in [-0.4, -0.2) is 33.6 Å². The zero-order chi connectivity index (χ0) is 37.5. The topological polar surface area (TPSA) is 66.3 Å². The molecule has 0 spiro atoms. The molecule has 7 nitrogen and oxygen atoms in total. The van der Waals surface area contributed by atoms with E-state index in [1.54, 1.807) is 0 Å². The normalized spacial score (nSPS) is 11.9. The molecule has 0 bridgehead atoms. The first-order valence-corrected chi connectivity index (χ1v) is 19.1. The van der Waals surface area contributed by atoms with Gasteiger partial charge in [-0.2, -0.15) is 9.97 Å². The van der Waals surface area contributed by atoms with Crippen LogP contribution in [0.5, 0.6) is 0 Å². The van der Waals surface area contributed by atoms with Crippen LogP contribution in [0.2, 0.25) is 0 Å². The monoisotopic (exact) mass is 729 g/mol. The number of para-hydroxylation sites is 3. The number of benzene rings is 7. The van der Waals surface area contributed by atoms with Crippen LogP contribution in [0, 0.1) is 0 Å². The minimum absolute atomic E-state index is 0.546. The molecule has 0 N–H and O–H groups in total. The fourth-order valence-corrected chi connectivity index (χ4v) is 8.76. The highest BCUT2D eigenvalue weighted by Crippen LogP contribution is 2.42. The fraction of sp³-hybridized carbons (Fsp3) is 0. The highest BCUT2D eigenvalue weighted by Gasteiger charge is 2.23. The van der Waals surface area contributed by atoms with E-state index < -0.39 is 0 Å². The molecule has 0 atom stereocenters. The fourth-order valence-electron chi connectivity index (χ4n) is 8.76. The molecule has 12 aromatic rings. The Hall–Kier alpha value is -7.90. The quantitative estimate of drug-likeness (QED) is 0.177. The van der Waals surface area contributed by atoms with E-state index in [2.05, 4.69) is 129 Å². The standard InChI is InChI=1S/C50H31N7/c1-3-14-32(15-4-1)48-52-49(33-16-5-2-6-17-33)54-50(53-48)57-44-28-29-51-31-40(44)46-45(57)27-26-39-38-22-9-12-25-43(38)56(47(39)46)35-19-13-18-34(30-35)55-41-23-10-7-20-36(41)37-21-8-11-24-42(37)55/h1-31H. The van der Waals surface area contributed by atoms with Gasteiger partial charge in [0.1, 0.15) is 0 Å². The second kappa shape index (κ2) is 12.3. The van der Waals surface area contributed by atoms with E-state index in [0.29, 0.717) is 17.6 Å². The van der Waals surface area contributed by atoms with Crippen LogP contribution >= 0.6 is 0 Å². The van der Waals surface area contributed by atoms with Crippen molar-refractivity contribution < 1.29 is 0 Å². The predicted molar refractivity (Wildman–Crippen MR) is 232 cm³/mol. The summed E-state index contributed by atoms with van der Waals surface area (Å²) in [4.78, 5) is 20.0. The summed E-state index contributed by atoms with van der Waals surface area (Å²) in [7, 11) is 0. The van der Waals surface area contributed by atoms with Crippen molar-refractivity contribution in [1.29, 1.82) is 0 Å². The third kappa shape index (κ3) is 4.72. The van der Waals surface area contributed by atoms with Crippen LogP contribution in [0.15, 0.2) is 188 Å². The van der Waals surface area contributed by atoms with Crippen LogP contribution in [0.1, 0.15) is 0 Å². The van der Waals surface area contributed by atoms with Crippen molar-refractivity contribution in [1.82, 2.24) is 33.6 Å². The Labute approximate surface area is 326 Å². The number of pyridine rings is 1. The summed E-state index contributed by atoms with van der Waals surface area (Å²) in [6.07, 6.45) is 3.82. The number of rotatable bonds is 5. The lowest BCUT2D eigenvalue weighted by atomic mass is 10.1. The van der Waals surface area contributed by atoms with Crippen molar-refractivity contribution in [2.24, 2.45) is 0 Å². The van der Waals surface area contributed by atoms with Crippen molar-refractivity contribution in [3.63, 3.8) is 0 Å². The van der Waals surface area contributed by atoms with Gasteiger partial charge in [0.2, 0.25) is 5.95 Å². The van der Waals surface area contributed by atoms with Gasteiger partial charge in [-0.15, -0.1) is 0 Å². The van der Waals surface area contributed by atoms with Gasteiger partial charge in [0.15, 0.2) is 11.6 Å². The molecule has 7 aromatic carbocycles. The Morgan fingerprint density at radius 2 is 0.877 bits per heavy atom. The minimum Gasteiger partial charge on any atom is -0.309 e. The number of fused-ring (bicyclic) bond motifs is 10. The summed E-state index contributed by atoms with van der Waals surface area (Å²) in [5, 5.41) is 6.91. The lowest BCUT2D eigenvalue weighted by Gasteiger charge is -2.13. The molecule has 7 heteroatoms. The maximum atomic E-state index is 5.18. The lowest BCUT2D eigenvalue weighted by Crippen LogP contribution is -2.06.